The van der Waals surface area contributed by atoms with Gasteiger partial charge in [-0.25, -0.2) is 0 Å². The summed E-state index contributed by atoms with van der Waals surface area (Å²) in [5.41, 5.74) is 0.238. The number of carbonyl (C=O) groups is 1. The summed E-state index contributed by atoms with van der Waals surface area (Å²) < 4.78 is 10.4. The molecule has 0 saturated carbocycles. The first-order valence-electron chi connectivity index (χ1n) is 6.09. The van der Waals surface area contributed by atoms with Crippen LogP contribution >= 0.6 is 0 Å². The van der Waals surface area contributed by atoms with Crippen molar-refractivity contribution in [2.75, 3.05) is 13.7 Å². The molecule has 0 saturated heterocycles. The van der Waals surface area contributed by atoms with E-state index in [9.17, 15) is 4.79 Å². The van der Waals surface area contributed by atoms with Gasteiger partial charge in [0.05, 0.1) is 24.2 Å². The maximum Gasteiger partial charge on any atom is 0.314 e. The fourth-order valence-electron chi connectivity index (χ4n) is 1.73. The van der Waals surface area contributed by atoms with Crippen molar-refractivity contribution in [1.29, 1.82) is 0 Å². The van der Waals surface area contributed by atoms with Gasteiger partial charge in [-0.2, -0.15) is 0 Å². The fraction of sp³-hybridized carbons (Fsp3) is 0.333. The van der Waals surface area contributed by atoms with Gasteiger partial charge in [-0.15, -0.1) is 0 Å². The molecule has 0 atom stereocenters. The first kappa shape index (κ1) is 13.3. The molecular formula is C15H17NO3. The number of methoxy groups -OCH3 is 1. The molecule has 2 aromatic rings. The third-order valence-electron chi connectivity index (χ3n) is 2.90. The Morgan fingerprint density at radius 2 is 2.05 bits per heavy atom. The molecule has 0 radical (unpaired) electrons. The van der Waals surface area contributed by atoms with Crippen LogP contribution in [0.5, 0.6) is 5.75 Å². The summed E-state index contributed by atoms with van der Waals surface area (Å²) in [5, 5.41) is 1.01. The van der Waals surface area contributed by atoms with Gasteiger partial charge >= 0.3 is 5.97 Å². The standard InChI is InChI=1S/C15H17NO3/c1-15(2,14(17)18-3)10-19-12-8-11-6-4-5-7-13(11)16-9-12/h4-9H,10H2,1-3H3. The molecule has 1 aromatic heterocycles. The molecule has 1 aromatic carbocycles. The number of aromatic nitrogens is 1. The predicted molar refractivity (Wildman–Crippen MR) is 73.0 cm³/mol. The smallest absolute Gasteiger partial charge is 0.314 e. The molecule has 2 rings (SSSR count). The number of carbonyl (C=O) groups excluding carboxylic acids is 1. The molecule has 1 heterocycles. The van der Waals surface area contributed by atoms with E-state index in [0.29, 0.717) is 5.75 Å². The van der Waals surface area contributed by atoms with Crippen molar-refractivity contribution in [2.24, 2.45) is 5.41 Å². The number of esters is 1. The summed E-state index contributed by atoms with van der Waals surface area (Å²) in [6.07, 6.45) is 1.66. The van der Waals surface area contributed by atoms with Crippen LogP contribution in [0.15, 0.2) is 36.5 Å². The number of nitrogens with zero attached hydrogens (tertiary/aromatic N) is 1. The zero-order chi connectivity index (χ0) is 13.9. The second-order valence-corrected chi connectivity index (χ2v) is 5.03. The molecule has 0 N–H and O–H groups in total. The molecule has 0 amide bonds. The minimum Gasteiger partial charge on any atom is -0.491 e. The molecular weight excluding hydrogens is 242 g/mol. The van der Waals surface area contributed by atoms with Gasteiger partial charge in [0.25, 0.3) is 0 Å². The molecule has 0 bridgehead atoms. The minimum absolute atomic E-state index is 0.250. The Morgan fingerprint density at radius 1 is 1.32 bits per heavy atom. The van der Waals surface area contributed by atoms with Crippen LogP contribution in [0.3, 0.4) is 0 Å². The van der Waals surface area contributed by atoms with Gasteiger partial charge in [0.15, 0.2) is 0 Å². The van der Waals surface area contributed by atoms with Crippen molar-refractivity contribution in [3.05, 3.63) is 36.5 Å². The van der Waals surface area contributed by atoms with Gasteiger partial charge < -0.3 is 9.47 Å². The molecule has 0 fully saturated rings. The van der Waals surface area contributed by atoms with E-state index < -0.39 is 5.41 Å². The van der Waals surface area contributed by atoms with E-state index >= 15 is 0 Å². The summed E-state index contributed by atoms with van der Waals surface area (Å²) in [4.78, 5) is 15.9. The highest BCUT2D eigenvalue weighted by atomic mass is 16.5. The molecule has 0 spiro atoms. The monoisotopic (exact) mass is 259 g/mol. The highest BCUT2D eigenvalue weighted by Crippen LogP contribution is 2.22. The lowest BCUT2D eigenvalue weighted by Crippen LogP contribution is -2.32. The summed E-state index contributed by atoms with van der Waals surface area (Å²) in [6, 6.07) is 9.72. The van der Waals surface area contributed by atoms with Crippen molar-refractivity contribution in [3.63, 3.8) is 0 Å². The zero-order valence-corrected chi connectivity index (χ0v) is 11.3. The van der Waals surface area contributed by atoms with Gasteiger partial charge in [-0.3, -0.25) is 9.78 Å². The number of fused-ring (bicyclic) bond motifs is 1. The van der Waals surface area contributed by atoms with Crippen LogP contribution in [0.2, 0.25) is 0 Å². The van der Waals surface area contributed by atoms with E-state index in [0.717, 1.165) is 10.9 Å². The zero-order valence-electron chi connectivity index (χ0n) is 11.3. The average Bonchev–Trinajstić information content (AvgIpc) is 2.44. The van der Waals surface area contributed by atoms with Gasteiger partial charge in [-0.05, 0) is 26.0 Å². The number of benzene rings is 1. The Bertz CT molecular complexity index is 593. The molecule has 19 heavy (non-hydrogen) atoms. The van der Waals surface area contributed by atoms with Crippen molar-refractivity contribution in [1.82, 2.24) is 4.98 Å². The van der Waals surface area contributed by atoms with Gasteiger partial charge in [0, 0.05) is 5.39 Å². The summed E-state index contributed by atoms with van der Waals surface area (Å²) in [6.45, 7) is 3.82. The predicted octanol–water partition coefficient (Wildman–Crippen LogP) is 2.81. The second-order valence-electron chi connectivity index (χ2n) is 5.03. The number of pyridine rings is 1. The van der Waals surface area contributed by atoms with Crippen LogP contribution in [0, 0.1) is 5.41 Å². The molecule has 0 aliphatic heterocycles. The Balaban J connectivity index is 2.12. The fourth-order valence-corrected chi connectivity index (χ4v) is 1.73. The first-order valence-corrected chi connectivity index (χ1v) is 6.09. The van der Waals surface area contributed by atoms with Crippen LogP contribution in [0.1, 0.15) is 13.8 Å². The third-order valence-corrected chi connectivity index (χ3v) is 2.90. The van der Waals surface area contributed by atoms with Gasteiger partial charge in [0.2, 0.25) is 0 Å². The normalized spacial score (nSPS) is 11.3. The quantitative estimate of drug-likeness (QED) is 0.792. The second kappa shape index (κ2) is 5.26. The van der Waals surface area contributed by atoms with E-state index in [-0.39, 0.29) is 12.6 Å². The highest BCUT2D eigenvalue weighted by molar-refractivity contribution is 5.79. The van der Waals surface area contributed by atoms with Crippen LogP contribution in [-0.4, -0.2) is 24.7 Å². The first-order chi connectivity index (χ1) is 9.03. The van der Waals surface area contributed by atoms with Gasteiger partial charge in [0.1, 0.15) is 12.4 Å². The average molecular weight is 259 g/mol. The van der Waals surface area contributed by atoms with Crippen LogP contribution in [0.4, 0.5) is 0 Å². The molecule has 100 valence electrons. The number of para-hydroxylation sites is 1. The summed E-state index contributed by atoms with van der Waals surface area (Å²) in [7, 11) is 1.38. The lowest BCUT2D eigenvalue weighted by atomic mass is 9.95. The number of hydrogen-bond donors (Lipinski definition) is 0. The summed E-state index contributed by atoms with van der Waals surface area (Å²) >= 11 is 0. The molecule has 0 aliphatic rings. The largest absolute Gasteiger partial charge is 0.491 e. The number of rotatable bonds is 4. The summed E-state index contributed by atoms with van der Waals surface area (Å²) in [5.74, 6) is 0.358. The van der Waals surface area contributed by atoms with Gasteiger partial charge in [-0.1, -0.05) is 18.2 Å². The van der Waals surface area contributed by atoms with Crippen LogP contribution in [-0.2, 0) is 9.53 Å². The maximum atomic E-state index is 11.5. The maximum absolute atomic E-state index is 11.5. The lowest BCUT2D eigenvalue weighted by molar-refractivity contribution is -0.152. The molecule has 4 heteroatoms. The van der Waals surface area contributed by atoms with E-state index in [1.165, 1.54) is 7.11 Å². The van der Waals surface area contributed by atoms with Crippen molar-refractivity contribution in [3.8, 4) is 5.75 Å². The Morgan fingerprint density at radius 3 is 2.79 bits per heavy atom. The van der Waals surface area contributed by atoms with E-state index in [1.54, 1.807) is 20.0 Å². The Hall–Kier alpha value is -2.10. The topological polar surface area (TPSA) is 48.4 Å². The lowest BCUT2D eigenvalue weighted by Gasteiger charge is -2.21. The molecule has 4 nitrogen and oxygen atoms in total. The SMILES string of the molecule is COC(=O)C(C)(C)COc1cnc2ccccc2c1. The Kier molecular flexibility index (Phi) is 3.69. The number of ether oxygens (including phenoxy) is 2. The van der Waals surface area contributed by atoms with Crippen molar-refractivity contribution >= 4 is 16.9 Å². The number of hydrogen-bond acceptors (Lipinski definition) is 4. The van der Waals surface area contributed by atoms with Crippen LogP contribution < -0.4 is 4.74 Å². The highest BCUT2D eigenvalue weighted by Gasteiger charge is 2.29. The van der Waals surface area contributed by atoms with Crippen molar-refractivity contribution < 1.29 is 14.3 Å². The van der Waals surface area contributed by atoms with Crippen molar-refractivity contribution in [2.45, 2.75) is 13.8 Å². The third kappa shape index (κ3) is 3.02. The Labute approximate surface area is 112 Å². The van der Waals surface area contributed by atoms with E-state index in [1.807, 2.05) is 30.3 Å². The van der Waals surface area contributed by atoms with E-state index in [4.69, 9.17) is 9.47 Å². The molecule has 0 aliphatic carbocycles. The van der Waals surface area contributed by atoms with Crippen LogP contribution in [0.25, 0.3) is 10.9 Å². The van der Waals surface area contributed by atoms with E-state index in [2.05, 4.69) is 4.98 Å². The minimum atomic E-state index is -0.680. The molecule has 0 unspecified atom stereocenters.